The largest absolute Gasteiger partial charge is 0.294 e. The number of hydrogen-bond donors (Lipinski definition) is 0. The molecule has 0 atom stereocenters. The van der Waals surface area contributed by atoms with E-state index in [9.17, 15) is 9.70 Å². The van der Waals surface area contributed by atoms with Gasteiger partial charge in [-0.15, -0.1) is 4.91 Å². The Hall–Kier alpha value is -1.22. The van der Waals surface area contributed by atoms with E-state index in [-0.39, 0.29) is 11.5 Å². The fourth-order valence-electron chi connectivity index (χ4n) is 0.840. The van der Waals surface area contributed by atoms with Crippen molar-refractivity contribution in [2.75, 3.05) is 0 Å². The average molecular weight is 184 g/mol. The minimum Gasteiger partial charge on any atom is -0.294 e. The molecule has 0 saturated carbocycles. The normalized spacial score (nSPS) is 9.50. The number of Topliss-reactive ketones (excluding diaryl/α,β-unsaturated/α-hetero) is 1. The summed E-state index contributed by atoms with van der Waals surface area (Å²) in [6.07, 6.45) is 0. The van der Waals surface area contributed by atoms with E-state index in [0.717, 1.165) is 0 Å². The lowest BCUT2D eigenvalue weighted by Gasteiger charge is -1.98. The second-order valence-electron chi connectivity index (χ2n) is 2.31. The molecule has 0 unspecified atom stereocenters. The van der Waals surface area contributed by atoms with Gasteiger partial charge in [-0.1, -0.05) is 11.6 Å². The molecule has 0 spiro atoms. The molecular weight excluding hydrogens is 178 g/mol. The second kappa shape index (κ2) is 3.45. The van der Waals surface area contributed by atoms with E-state index in [2.05, 4.69) is 5.18 Å². The molecule has 1 aromatic rings. The third-order valence-corrected chi connectivity index (χ3v) is 1.76. The van der Waals surface area contributed by atoms with Crippen molar-refractivity contribution in [3.8, 4) is 0 Å². The number of benzene rings is 1. The molecule has 0 N–H and O–H groups in total. The van der Waals surface area contributed by atoms with E-state index in [0.29, 0.717) is 10.6 Å². The maximum Gasteiger partial charge on any atom is 0.161 e. The van der Waals surface area contributed by atoms with E-state index in [4.69, 9.17) is 11.6 Å². The highest BCUT2D eigenvalue weighted by molar-refractivity contribution is 6.34. The molecule has 3 nitrogen and oxygen atoms in total. The highest BCUT2D eigenvalue weighted by Gasteiger charge is 2.06. The lowest BCUT2D eigenvalue weighted by atomic mass is 10.1. The molecular formula is C8H6ClNO2. The van der Waals surface area contributed by atoms with Gasteiger partial charge in [0, 0.05) is 5.56 Å². The van der Waals surface area contributed by atoms with Gasteiger partial charge in [-0.05, 0) is 30.3 Å². The summed E-state index contributed by atoms with van der Waals surface area (Å²) in [6, 6.07) is 4.31. The van der Waals surface area contributed by atoms with Crippen molar-refractivity contribution >= 4 is 23.1 Å². The van der Waals surface area contributed by atoms with E-state index in [1.165, 1.54) is 25.1 Å². The first-order chi connectivity index (χ1) is 5.65. The fraction of sp³-hybridized carbons (Fsp3) is 0.125. The molecule has 0 radical (unpaired) electrons. The number of ketones is 1. The number of carbonyl (C=O) groups excluding carboxylic acids is 1. The van der Waals surface area contributed by atoms with Crippen LogP contribution in [0.5, 0.6) is 0 Å². The predicted molar refractivity (Wildman–Crippen MR) is 46.9 cm³/mol. The third kappa shape index (κ3) is 1.68. The van der Waals surface area contributed by atoms with Crippen molar-refractivity contribution in [2.24, 2.45) is 5.18 Å². The lowest BCUT2D eigenvalue weighted by molar-refractivity contribution is 0.101. The van der Waals surface area contributed by atoms with Gasteiger partial charge < -0.3 is 0 Å². The lowest BCUT2D eigenvalue weighted by Crippen LogP contribution is -1.91. The van der Waals surface area contributed by atoms with Gasteiger partial charge in [0.15, 0.2) is 5.78 Å². The maximum absolute atomic E-state index is 10.9. The summed E-state index contributed by atoms with van der Waals surface area (Å²) in [4.78, 5) is 21.0. The molecule has 62 valence electrons. The summed E-state index contributed by atoms with van der Waals surface area (Å²) < 4.78 is 0. The number of nitrogens with zero attached hydrogens (tertiary/aromatic N) is 1. The summed E-state index contributed by atoms with van der Waals surface area (Å²) in [5.41, 5.74) is 0.540. The Morgan fingerprint density at radius 1 is 1.50 bits per heavy atom. The Labute approximate surface area is 74.3 Å². The summed E-state index contributed by atoms with van der Waals surface area (Å²) in [6.45, 7) is 1.38. The highest BCUT2D eigenvalue weighted by Crippen LogP contribution is 2.22. The van der Waals surface area contributed by atoms with Gasteiger partial charge in [0.1, 0.15) is 5.69 Å². The van der Waals surface area contributed by atoms with E-state index in [1.807, 2.05) is 0 Å². The van der Waals surface area contributed by atoms with Crippen molar-refractivity contribution in [2.45, 2.75) is 6.92 Å². The molecule has 0 saturated heterocycles. The highest BCUT2D eigenvalue weighted by atomic mass is 35.5. The van der Waals surface area contributed by atoms with Crippen LogP contribution >= 0.6 is 11.6 Å². The molecule has 4 heteroatoms. The smallest absolute Gasteiger partial charge is 0.161 e. The number of rotatable bonds is 2. The zero-order valence-corrected chi connectivity index (χ0v) is 7.13. The van der Waals surface area contributed by atoms with Gasteiger partial charge in [0.05, 0.1) is 5.02 Å². The first-order valence-electron chi connectivity index (χ1n) is 3.29. The van der Waals surface area contributed by atoms with Crippen molar-refractivity contribution in [1.29, 1.82) is 0 Å². The molecule has 0 amide bonds. The number of halogens is 1. The van der Waals surface area contributed by atoms with Gasteiger partial charge in [-0.3, -0.25) is 4.79 Å². The van der Waals surface area contributed by atoms with Gasteiger partial charge in [0.2, 0.25) is 0 Å². The van der Waals surface area contributed by atoms with Gasteiger partial charge in [0.25, 0.3) is 0 Å². The monoisotopic (exact) mass is 183 g/mol. The molecule has 1 aromatic carbocycles. The molecule has 12 heavy (non-hydrogen) atoms. The van der Waals surface area contributed by atoms with Crippen LogP contribution in [0.3, 0.4) is 0 Å². The van der Waals surface area contributed by atoms with Crippen LogP contribution in [0.2, 0.25) is 5.02 Å². The molecule has 0 aliphatic heterocycles. The molecule has 0 fully saturated rings. The molecule has 1 rings (SSSR count). The molecule has 0 aliphatic rings. The number of carbonyl (C=O) groups is 1. The molecule has 0 aliphatic carbocycles. The topological polar surface area (TPSA) is 46.5 Å². The Bertz CT molecular complexity index is 336. The molecule has 0 aromatic heterocycles. The zero-order chi connectivity index (χ0) is 9.14. The Kier molecular flexibility index (Phi) is 2.55. The standard InChI is InChI=1S/C8H6ClNO2/c1-5(11)7-4-6(10-12)2-3-8(7)9/h2-4H,1H3. The van der Waals surface area contributed by atoms with Gasteiger partial charge in [-0.2, -0.15) is 0 Å². The molecule has 0 heterocycles. The van der Waals surface area contributed by atoms with Crippen LogP contribution < -0.4 is 0 Å². The Morgan fingerprint density at radius 2 is 2.17 bits per heavy atom. The molecule has 0 bridgehead atoms. The van der Waals surface area contributed by atoms with Crippen LogP contribution in [0.4, 0.5) is 5.69 Å². The van der Waals surface area contributed by atoms with E-state index in [1.54, 1.807) is 0 Å². The fourth-order valence-corrected chi connectivity index (χ4v) is 1.09. The maximum atomic E-state index is 10.9. The van der Waals surface area contributed by atoms with Crippen molar-refractivity contribution in [1.82, 2.24) is 0 Å². The Morgan fingerprint density at radius 3 is 2.67 bits per heavy atom. The first kappa shape index (κ1) is 8.87. The van der Waals surface area contributed by atoms with Crippen molar-refractivity contribution in [3.63, 3.8) is 0 Å². The Balaban J connectivity index is 3.25. The first-order valence-corrected chi connectivity index (χ1v) is 3.67. The third-order valence-electron chi connectivity index (χ3n) is 1.43. The van der Waals surface area contributed by atoms with Crippen molar-refractivity contribution < 1.29 is 4.79 Å². The van der Waals surface area contributed by atoms with E-state index < -0.39 is 0 Å². The number of nitroso groups, excluding NO2 is 1. The van der Waals surface area contributed by atoms with Gasteiger partial charge >= 0.3 is 0 Å². The summed E-state index contributed by atoms with van der Waals surface area (Å²) >= 11 is 5.68. The summed E-state index contributed by atoms with van der Waals surface area (Å²) in [5, 5.41) is 3.04. The summed E-state index contributed by atoms with van der Waals surface area (Å²) in [5.74, 6) is -0.175. The SMILES string of the molecule is CC(=O)c1cc(N=O)ccc1Cl. The van der Waals surface area contributed by atoms with Crippen LogP contribution in [0.1, 0.15) is 17.3 Å². The van der Waals surface area contributed by atoms with Gasteiger partial charge in [-0.25, -0.2) is 0 Å². The van der Waals surface area contributed by atoms with Crippen LogP contribution in [-0.4, -0.2) is 5.78 Å². The van der Waals surface area contributed by atoms with Crippen molar-refractivity contribution in [3.05, 3.63) is 33.7 Å². The summed E-state index contributed by atoms with van der Waals surface area (Å²) in [7, 11) is 0. The van der Waals surface area contributed by atoms with Crippen LogP contribution in [0.25, 0.3) is 0 Å². The van der Waals surface area contributed by atoms with E-state index >= 15 is 0 Å². The second-order valence-corrected chi connectivity index (χ2v) is 2.72. The minimum absolute atomic E-state index is 0.175. The minimum atomic E-state index is -0.175. The van der Waals surface area contributed by atoms with Crippen LogP contribution in [0.15, 0.2) is 23.4 Å². The average Bonchev–Trinajstić information content (AvgIpc) is 2.05. The van der Waals surface area contributed by atoms with Crippen LogP contribution in [-0.2, 0) is 0 Å². The number of hydrogen-bond acceptors (Lipinski definition) is 3. The van der Waals surface area contributed by atoms with Crippen LogP contribution in [0, 0.1) is 4.91 Å². The quantitative estimate of drug-likeness (QED) is 0.523. The zero-order valence-electron chi connectivity index (χ0n) is 6.37. The predicted octanol–water partition coefficient (Wildman–Crippen LogP) is 2.94.